The zero-order valence-electron chi connectivity index (χ0n) is 27.2. The fraction of sp³-hybridized carbons (Fsp3) is 0.371. The van der Waals surface area contributed by atoms with Crippen LogP contribution in [0.3, 0.4) is 0 Å². The van der Waals surface area contributed by atoms with Gasteiger partial charge in [-0.1, -0.05) is 30.8 Å². The lowest BCUT2D eigenvalue weighted by atomic mass is 10.1. The van der Waals surface area contributed by atoms with Gasteiger partial charge in [0.15, 0.2) is 5.65 Å². The van der Waals surface area contributed by atoms with Gasteiger partial charge in [-0.25, -0.2) is 0 Å². The Hall–Kier alpha value is -4.90. The largest absolute Gasteiger partial charge is 0.497 e. The Labute approximate surface area is 269 Å². The Morgan fingerprint density at radius 1 is 0.978 bits per heavy atom. The van der Waals surface area contributed by atoms with Crippen molar-refractivity contribution in [1.82, 2.24) is 24.3 Å². The summed E-state index contributed by atoms with van der Waals surface area (Å²) in [5.41, 5.74) is 3.67. The molecule has 1 fully saturated rings. The number of piperazine rings is 1. The number of hydrogen-bond acceptors (Lipinski definition) is 9. The second-order valence-corrected chi connectivity index (χ2v) is 11.7. The van der Waals surface area contributed by atoms with Crippen molar-refractivity contribution in [3.05, 3.63) is 94.3 Å². The van der Waals surface area contributed by atoms with E-state index in [0.29, 0.717) is 48.5 Å². The van der Waals surface area contributed by atoms with Crippen molar-refractivity contribution < 1.29 is 14.3 Å². The molecule has 2 N–H and O–H groups in total. The molecule has 0 spiro atoms. The number of carbonyl (C=O) groups excluding carboxylic acids is 1. The molecule has 1 atom stereocenters. The van der Waals surface area contributed by atoms with Crippen molar-refractivity contribution in [1.29, 1.82) is 0 Å². The van der Waals surface area contributed by atoms with Gasteiger partial charge in [-0.2, -0.15) is 9.97 Å². The summed E-state index contributed by atoms with van der Waals surface area (Å²) in [4.78, 5) is 38.7. The molecule has 1 unspecified atom stereocenters. The number of ether oxygens (including phenoxy) is 2. The number of aromatic nitrogens is 3. The standard InChI is InChI=1S/C35H43N7O4/c1-7-31(43)41-18-16-40(17-19-41)22-25-8-10-26(11-9-25)24(4)37-35-38-33(29-14-15-32(44)42(23(2)3)34(29)39-35)36-21-27-12-13-28(45-5)20-30(27)46-6/h7-15,20,23-24H,1,16-19,21-22H2,2-6H3,(H2,36,37,38,39). The van der Waals surface area contributed by atoms with E-state index in [1.807, 2.05) is 36.9 Å². The van der Waals surface area contributed by atoms with E-state index >= 15 is 0 Å². The number of hydrogen-bond donors (Lipinski definition) is 2. The maximum atomic E-state index is 12.9. The van der Waals surface area contributed by atoms with Crippen molar-refractivity contribution in [2.45, 2.75) is 45.9 Å². The number of amides is 1. The third-order valence-corrected chi connectivity index (χ3v) is 8.33. The summed E-state index contributed by atoms with van der Waals surface area (Å²) in [6.07, 6.45) is 1.38. The van der Waals surface area contributed by atoms with Crippen LogP contribution in [-0.2, 0) is 17.9 Å². The number of anilines is 2. The quantitative estimate of drug-likeness (QED) is 0.210. The fourth-order valence-electron chi connectivity index (χ4n) is 5.71. The summed E-state index contributed by atoms with van der Waals surface area (Å²) in [7, 11) is 3.25. The monoisotopic (exact) mass is 625 g/mol. The van der Waals surface area contributed by atoms with E-state index in [2.05, 4.69) is 53.3 Å². The maximum Gasteiger partial charge on any atom is 0.252 e. The van der Waals surface area contributed by atoms with E-state index in [9.17, 15) is 9.59 Å². The molecule has 46 heavy (non-hydrogen) atoms. The Bertz CT molecular complexity index is 1740. The van der Waals surface area contributed by atoms with Crippen LogP contribution in [0, 0.1) is 0 Å². The van der Waals surface area contributed by atoms with Crippen molar-refractivity contribution in [2.75, 3.05) is 51.0 Å². The Kier molecular flexibility index (Phi) is 10.2. The maximum absolute atomic E-state index is 12.9. The number of pyridine rings is 1. The van der Waals surface area contributed by atoms with Crippen LogP contribution in [0.5, 0.6) is 11.5 Å². The molecular formula is C35H43N7O4. The van der Waals surface area contributed by atoms with Crippen LogP contribution in [0.4, 0.5) is 11.8 Å². The zero-order valence-corrected chi connectivity index (χ0v) is 27.2. The SMILES string of the molecule is C=CC(=O)N1CCN(Cc2ccc(C(C)Nc3nc(NCc4ccc(OC)cc4OC)c4ccc(=O)n(C(C)C)c4n3)cc2)CC1. The summed E-state index contributed by atoms with van der Waals surface area (Å²) in [6.45, 7) is 14.0. The zero-order chi connectivity index (χ0) is 32.8. The predicted octanol–water partition coefficient (Wildman–Crippen LogP) is 5.01. The molecule has 0 aliphatic carbocycles. The number of nitrogens with zero attached hydrogens (tertiary/aromatic N) is 5. The van der Waals surface area contributed by atoms with Crippen molar-refractivity contribution in [3.8, 4) is 11.5 Å². The smallest absolute Gasteiger partial charge is 0.252 e. The number of benzene rings is 2. The molecule has 0 radical (unpaired) electrons. The van der Waals surface area contributed by atoms with Gasteiger partial charge in [-0.3, -0.25) is 19.1 Å². The number of rotatable bonds is 12. The minimum Gasteiger partial charge on any atom is -0.497 e. The van der Waals surface area contributed by atoms with E-state index in [1.54, 1.807) is 30.9 Å². The molecule has 1 aliphatic rings. The van der Waals surface area contributed by atoms with Crippen LogP contribution >= 0.6 is 0 Å². The van der Waals surface area contributed by atoms with Crippen LogP contribution in [0.25, 0.3) is 11.0 Å². The summed E-state index contributed by atoms with van der Waals surface area (Å²) >= 11 is 0. The molecule has 11 nitrogen and oxygen atoms in total. The van der Waals surface area contributed by atoms with Crippen molar-refractivity contribution >= 4 is 28.7 Å². The van der Waals surface area contributed by atoms with E-state index in [-0.39, 0.29) is 23.6 Å². The number of fused-ring (bicyclic) bond motifs is 1. The minimum absolute atomic E-state index is 0.00579. The topological polar surface area (TPSA) is 114 Å². The van der Waals surface area contributed by atoms with Gasteiger partial charge in [-0.15, -0.1) is 0 Å². The van der Waals surface area contributed by atoms with Gasteiger partial charge in [0.1, 0.15) is 17.3 Å². The molecule has 11 heteroatoms. The molecular weight excluding hydrogens is 582 g/mol. The highest BCUT2D eigenvalue weighted by molar-refractivity contribution is 5.88. The van der Waals surface area contributed by atoms with E-state index in [4.69, 9.17) is 19.4 Å². The number of methoxy groups -OCH3 is 2. The first kappa shape index (κ1) is 32.5. The third-order valence-electron chi connectivity index (χ3n) is 8.33. The Morgan fingerprint density at radius 2 is 1.72 bits per heavy atom. The van der Waals surface area contributed by atoms with Gasteiger partial charge in [-0.05, 0) is 56.2 Å². The van der Waals surface area contributed by atoms with E-state index in [1.165, 1.54) is 11.6 Å². The summed E-state index contributed by atoms with van der Waals surface area (Å²) in [6, 6.07) is 17.3. The molecule has 0 bridgehead atoms. The van der Waals surface area contributed by atoms with Crippen LogP contribution in [0.15, 0.2) is 72.0 Å². The first-order chi connectivity index (χ1) is 22.2. The molecule has 5 rings (SSSR count). The molecule has 2 aromatic carbocycles. The summed E-state index contributed by atoms with van der Waals surface area (Å²) < 4.78 is 12.6. The van der Waals surface area contributed by atoms with Gasteiger partial charge in [0.25, 0.3) is 5.56 Å². The first-order valence-corrected chi connectivity index (χ1v) is 15.6. The second kappa shape index (κ2) is 14.5. The highest BCUT2D eigenvalue weighted by atomic mass is 16.5. The number of carbonyl (C=O) groups is 1. The fourth-order valence-corrected chi connectivity index (χ4v) is 5.71. The van der Waals surface area contributed by atoms with Crippen LogP contribution in [0.1, 0.15) is 49.5 Å². The van der Waals surface area contributed by atoms with Gasteiger partial charge >= 0.3 is 0 Å². The normalized spacial score (nSPS) is 14.3. The minimum atomic E-state index is -0.118. The molecule has 1 saturated heterocycles. The third kappa shape index (κ3) is 7.31. The van der Waals surface area contributed by atoms with Gasteiger partial charge in [0.05, 0.1) is 25.6 Å². The summed E-state index contributed by atoms with van der Waals surface area (Å²) in [5, 5.41) is 7.66. The lowest BCUT2D eigenvalue weighted by Gasteiger charge is -2.34. The van der Waals surface area contributed by atoms with Crippen molar-refractivity contribution in [2.24, 2.45) is 0 Å². The highest BCUT2D eigenvalue weighted by Crippen LogP contribution is 2.28. The van der Waals surface area contributed by atoms with Gasteiger partial charge in [0, 0.05) is 63.0 Å². The van der Waals surface area contributed by atoms with Crippen LogP contribution in [-0.4, -0.2) is 70.6 Å². The average molecular weight is 626 g/mol. The van der Waals surface area contributed by atoms with E-state index < -0.39 is 0 Å². The lowest BCUT2D eigenvalue weighted by molar-refractivity contribution is -0.127. The molecule has 2 aromatic heterocycles. The van der Waals surface area contributed by atoms with Crippen LogP contribution < -0.4 is 25.7 Å². The van der Waals surface area contributed by atoms with E-state index in [0.717, 1.165) is 36.1 Å². The lowest BCUT2D eigenvalue weighted by Crippen LogP contribution is -2.47. The molecule has 4 aromatic rings. The molecule has 242 valence electrons. The Morgan fingerprint density at radius 3 is 2.37 bits per heavy atom. The molecule has 1 amide bonds. The number of nitrogens with one attached hydrogen (secondary N) is 2. The Balaban J connectivity index is 1.35. The van der Waals surface area contributed by atoms with Gasteiger partial charge in [0.2, 0.25) is 11.9 Å². The summed E-state index contributed by atoms with van der Waals surface area (Å²) in [5.74, 6) is 2.43. The second-order valence-electron chi connectivity index (χ2n) is 11.7. The average Bonchev–Trinajstić information content (AvgIpc) is 3.07. The van der Waals surface area contributed by atoms with Gasteiger partial charge < -0.3 is 25.0 Å². The molecule has 3 heterocycles. The van der Waals surface area contributed by atoms with Crippen molar-refractivity contribution in [3.63, 3.8) is 0 Å². The molecule has 1 aliphatic heterocycles. The highest BCUT2D eigenvalue weighted by Gasteiger charge is 2.20. The van der Waals surface area contributed by atoms with Crippen LogP contribution in [0.2, 0.25) is 0 Å². The first-order valence-electron chi connectivity index (χ1n) is 15.6. The predicted molar refractivity (Wildman–Crippen MR) is 182 cm³/mol. The molecule has 0 saturated carbocycles.